The van der Waals surface area contributed by atoms with Crippen LogP contribution in [0.5, 0.6) is 0 Å². The molecule has 1 aliphatic rings. The first-order chi connectivity index (χ1) is 14.4. The maximum absolute atomic E-state index is 13.1. The van der Waals surface area contributed by atoms with Crippen molar-refractivity contribution in [3.8, 4) is 11.3 Å². The Kier molecular flexibility index (Phi) is 5.37. The van der Waals surface area contributed by atoms with Crippen molar-refractivity contribution < 1.29 is 23.2 Å². The molecule has 0 radical (unpaired) electrons. The molecule has 0 aliphatic carbocycles. The van der Waals surface area contributed by atoms with Crippen molar-refractivity contribution in [2.75, 3.05) is 0 Å². The molecular weight excluding hydrogens is 405 g/mol. The van der Waals surface area contributed by atoms with Gasteiger partial charge in [0.05, 0.1) is 11.4 Å². The molecule has 2 amide bonds. The van der Waals surface area contributed by atoms with Gasteiger partial charge in [0.1, 0.15) is 17.3 Å². The molecule has 5 nitrogen and oxygen atoms in total. The van der Waals surface area contributed by atoms with E-state index < -0.39 is 5.91 Å². The van der Waals surface area contributed by atoms with Gasteiger partial charge in [0, 0.05) is 17.2 Å². The van der Waals surface area contributed by atoms with Crippen LogP contribution < -0.4 is 0 Å². The van der Waals surface area contributed by atoms with Crippen molar-refractivity contribution in [2.45, 2.75) is 13.5 Å². The van der Waals surface area contributed by atoms with Crippen molar-refractivity contribution in [2.24, 2.45) is 0 Å². The van der Waals surface area contributed by atoms with E-state index in [-0.39, 0.29) is 28.3 Å². The lowest BCUT2D eigenvalue weighted by Gasteiger charge is -2.12. The normalized spacial score (nSPS) is 15.3. The summed E-state index contributed by atoms with van der Waals surface area (Å²) in [6.45, 7) is 1.58. The summed E-state index contributed by atoms with van der Waals surface area (Å²) in [5.41, 5.74) is 2.07. The van der Waals surface area contributed by atoms with Crippen LogP contribution in [0, 0.1) is 5.82 Å². The molecule has 0 atom stereocenters. The van der Waals surface area contributed by atoms with E-state index in [0.29, 0.717) is 22.6 Å². The first-order valence-corrected chi connectivity index (χ1v) is 9.93. The van der Waals surface area contributed by atoms with Crippen LogP contribution in [0.4, 0.5) is 9.18 Å². The third-order valence-electron chi connectivity index (χ3n) is 4.60. The second-order valence-corrected chi connectivity index (χ2v) is 7.72. The lowest BCUT2D eigenvalue weighted by molar-refractivity contribution is -0.123. The highest BCUT2D eigenvalue weighted by atomic mass is 32.2. The van der Waals surface area contributed by atoms with Crippen molar-refractivity contribution in [1.82, 2.24) is 4.90 Å². The molecule has 0 spiro atoms. The van der Waals surface area contributed by atoms with Crippen molar-refractivity contribution in [3.05, 3.63) is 88.3 Å². The van der Waals surface area contributed by atoms with Crippen LogP contribution in [0.3, 0.4) is 0 Å². The van der Waals surface area contributed by atoms with E-state index in [4.69, 9.17) is 4.42 Å². The smallest absolute Gasteiger partial charge is 0.293 e. The summed E-state index contributed by atoms with van der Waals surface area (Å²) in [5.74, 6) is 0.211. The third-order valence-corrected chi connectivity index (χ3v) is 5.51. The number of nitrogens with zero attached hydrogens (tertiary/aromatic N) is 1. The zero-order valence-corrected chi connectivity index (χ0v) is 16.7. The summed E-state index contributed by atoms with van der Waals surface area (Å²) >= 11 is 0.836. The van der Waals surface area contributed by atoms with Crippen molar-refractivity contribution in [3.63, 3.8) is 0 Å². The average Bonchev–Trinajstić information content (AvgIpc) is 3.30. The Morgan fingerprint density at radius 1 is 1.03 bits per heavy atom. The van der Waals surface area contributed by atoms with E-state index in [2.05, 4.69) is 0 Å². The number of thioether (sulfide) groups is 1. The Balaban J connectivity index is 1.51. The van der Waals surface area contributed by atoms with Gasteiger partial charge in [-0.15, -0.1) is 0 Å². The molecule has 2 heterocycles. The van der Waals surface area contributed by atoms with Crippen molar-refractivity contribution in [1.29, 1.82) is 0 Å². The Bertz CT molecular complexity index is 1160. The molecule has 7 heteroatoms. The number of rotatable bonds is 5. The van der Waals surface area contributed by atoms with Crippen LogP contribution in [-0.4, -0.2) is 21.8 Å². The predicted molar refractivity (Wildman–Crippen MR) is 112 cm³/mol. The van der Waals surface area contributed by atoms with Gasteiger partial charge in [-0.2, -0.15) is 0 Å². The number of halogens is 1. The van der Waals surface area contributed by atoms with Gasteiger partial charge in [-0.3, -0.25) is 19.3 Å². The fourth-order valence-electron chi connectivity index (χ4n) is 2.99. The number of ketones is 1. The third kappa shape index (κ3) is 4.11. The number of hydrogen-bond acceptors (Lipinski definition) is 5. The Morgan fingerprint density at radius 2 is 1.73 bits per heavy atom. The largest absolute Gasteiger partial charge is 0.457 e. The van der Waals surface area contributed by atoms with Crippen LogP contribution in [0.1, 0.15) is 28.6 Å². The monoisotopic (exact) mass is 421 g/mol. The van der Waals surface area contributed by atoms with Gasteiger partial charge in [0.2, 0.25) is 0 Å². The van der Waals surface area contributed by atoms with E-state index in [9.17, 15) is 18.8 Å². The minimum Gasteiger partial charge on any atom is -0.457 e. The summed E-state index contributed by atoms with van der Waals surface area (Å²) in [6, 6.07) is 16.2. The van der Waals surface area contributed by atoms with Gasteiger partial charge in [-0.1, -0.05) is 36.4 Å². The zero-order valence-electron chi connectivity index (χ0n) is 15.9. The van der Waals surface area contributed by atoms with Crippen LogP contribution in [0.15, 0.2) is 70.0 Å². The number of hydrogen-bond donors (Lipinski definition) is 0. The SMILES string of the molecule is CC(=O)c1ccc(-c2ccc(C=C3SC(=O)N(Cc4ccc(F)cc4)C3=O)o2)cc1. The van der Waals surface area contributed by atoms with E-state index >= 15 is 0 Å². The summed E-state index contributed by atoms with van der Waals surface area (Å²) < 4.78 is 18.8. The topological polar surface area (TPSA) is 67.6 Å². The Morgan fingerprint density at radius 3 is 2.40 bits per heavy atom. The van der Waals surface area contributed by atoms with Crippen molar-refractivity contribution >= 4 is 34.8 Å². The molecule has 1 aromatic heterocycles. The fraction of sp³-hybridized carbons (Fsp3) is 0.0870. The molecule has 0 unspecified atom stereocenters. The second kappa shape index (κ2) is 8.12. The van der Waals surface area contributed by atoms with Crippen LogP contribution >= 0.6 is 11.8 Å². The number of carbonyl (C=O) groups excluding carboxylic acids is 3. The Labute approximate surface area is 176 Å². The van der Waals surface area contributed by atoms with E-state index in [1.165, 1.54) is 25.1 Å². The first kappa shape index (κ1) is 19.8. The van der Waals surface area contributed by atoms with E-state index in [0.717, 1.165) is 22.2 Å². The van der Waals surface area contributed by atoms with Gasteiger partial charge in [0.25, 0.3) is 11.1 Å². The van der Waals surface area contributed by atoms with Gasteiger partial charge >= 0.3 is 0 Å². The van der Waals surface area contributed by atoms with E-state index in [1.807, 2.05) is 0 Å². The van der Waals surface area contributed by atoms with Crippen LogP contribution in [0.25, 0.3) is 17.4 Å². The molecule has 1 aliphatic heterocycles. The molecule has 0 saturated carbocycles. The summed E-state index contributed by atoms with van der Waals surface area (Å²) in [7, 11) is 0. The molecule has 2 aromatic carbocycles. The van der Waals surface area contributed by atoms with Gasteiger partial charge in [-0.25, -0.2) is 4.39 Å². The summed E-state index contributed by atoms with van der Waals surface area (Å²) in [4.78, 5) is 37.7. The highest BCUT2D eigenvalue weighted by Crippen LogP contribution is 2.34. The minimum atomic E-state index is -0.418. The molecule has 3 aromatic rings. The average molecular weight is 421 g/mol. The molecule has 0 N–H and O–H groups in total. The fourth-order valence-corrected chi connectivity index (χ4v) is 3.81. The summed E-state index contributed by atoms with van der Waals surface area (Å²) in [6.07, 6.45) is 1.53. The maximum atomic E-state index is 13.1. The van der Waals surface area contributed by atoms with Gasteiger partial charge in [-0.05, 0) is 48.5 Å². The molecule has 1 fully saturated rings. The Hall–Kier alpha value is -3.45. The second-order valence-electron chi connectivity index (χ2n) is 6.73. The predicted octanol–water partition coefficient (Wildman–Crippen LogP) is 5.52. The quantitative estimate of drug-likeness (QED) is 0.401. The van der Waals surface area contributed by atoms with Gasteiger partial charge in [0.15, 0.2) is 5.78 Å². The van der Waals surface area contributed by atoms with Crippen LogP contribution in [-0.2, 0) is 11.3 Å². The zero-order chi connectivity index (χ0) is 21.3. The number of carbonyl (C=O) groups is 3. The number of imide groups is 1. The maximum Gasteiger partial charge on any atom is 0.293 e. The highest BCUT2D eigenvalue weighted by molar-refractivity contribution is 8.18. The number of benzene rings is 2. The summed E-state index contributed by atoms with van der Waals surface area (Å²) in [5, 5.41) is -0.387. The molecule has 150 valence electrons. The molecule has 30 heavy (non-hydrogen) atoms. The van der Waals surface area contributed by atoms with Gasteiger partial charge < -0.3 is 4.42 Å². The standard InChI is InChI=1S/C23H16FNO4S/c1-14(26)16-4-6-17(7-5-16)20-11-10-19(29-20)12-21-22(27)25(23(28)30-21)13-15-2-8-18(24)9-3-15/h2-12H,13H2,1H3. The molecular formula is C23H16FNO4S. The lowest BCUT2D eigenvalue weighted by atomic mass is 10.1. The number of amides is 2. The number of Topliss-reactive ketones (excluding diaryl/α,β-unsaturated/α-hetero) is 1. The highest BCUT2D eigenvalue weighted by Gasteiger charge is 2.35. The number of furan rings is 1. The van der Waals surface area contributed by atoms with Crippen LogP contribution in [0.2, 0.25) is 0 Å². The lowest BCUT2D eigenvalue weighted by Crippen LogP contribution is -2.27. The minimum absolute atomic E-state index is 0.0157. The van der Waals surface area contributed by atoms with E-state index in [1.54, 1.807) is 48.5 Å². The molecule has 1 saturated heterocycles. The molecule has 4 rings (SSSR count). The first-order valence-electron chi connectivity index (χ1n) is 9.12. The molecule has 0 bridgehead atoms.